The molecule has 148 valence electrons. The average molecular weight is 423 g/mol. The molecule has 1 fully saturated rings. The normalized spacial score (nSPS) is 13.9. The van der Waals surface area contributed by atoms with Gasteiger partial charge in [-0.05, 0) is 29.9 Å². The number of hydrogen-bond acceptors (Lipinski definition) is 4. The zero-order valence-corrected chi connectivity index (χ0v) is 16.8. The van der Waals surface area contributed by atoms with Crippen LogP contribution in [0.4, 0.5) is 0 Å². The molecule has 2 aromatic carbocycles. The molecular formula is C21H20Cl2O5. The first-order chi connectivity index (χ1) is 13.5. The number of carbonyl (C=O) groups is 1. The molecule has 2 aromatic rings. The van der Waals surface area contributed by atoms with Crippen LogP contribution in [0.15, 0.2) is 42.7 Å². The van der Waals surface area contributed by atoms with Crippen LogP contribution in [-0.4, -0.2) is 24.8 Å². The molecule has 0 aromatic heterocycles. The SMILES string of the molecule is CO/C=C(/C(=O)O)c1ccccc1COc1cc(Cl)c(OCC2CC2)c(Cl)c1. The molecule has 5 nitrogen and oxygen atoms in total. The summed E-state index contributed by atoms with van der Waals surface area (Å²) in [6.45, 7) is 0.746. The van der Waals surface area contributed by atoms with Gasteiger partial charge in [-0.3, -0.25) is 0 Å². The molecule has 0 spiro atoms. The zero-order valence-electron chi connectivity index (χ0n) is 15.3. The van der Waals surface area contributed by atoms with Crippen molar-refractivity contribution in [2.24, 2.45) is 5.92 Å². The van der Waals surface area contributed by atoms with E-state index in [0.29, 0.717) is 45.2 Å². The largest absolute Gasteiger partial charge is 0.503 e. The Balaban J connectivity index is 1.75. The van der Waals surface area contributed by atoms with Crippen LogP contribution in [0.2, 0.25) is 10.0 Å². The summed E-state index contributed by atoms with van der Waals surface area (Å²) in [5, 5.41) is 10.2. The molecule has 1 aliphatic rings. The molecule has 0 heterocycles. The number of methoxy groups -OCH3 is 1. The van der Waals surface area contributed by atoms with Crippen molar-refractivity contribution in [3.8, 4) is 11.5 Å². The Hall–Kier alpha value is -2.37. The zero-order chi connectivity index (χ0) is 20.1. The van der Waals surface area contributed by atoms with Gasteiger partial charge in [0.15, 0.2) is 5.75 Å². The van der Waals surface area contributed by atoms with Crippen LogP contribution in [0.25, 0.3) is 5.57 Å². The Morgan fingerprint density at radius 1 is 1.18 bits per heavy atom. The Morgan fingerprint density at radius 2 is 1.86 bits per heavy atom. The lowest BCUT2D eigenvalue weighted by molar-refractivity contribution is -0.130. The molecule has 0 bridgehead atoms. The Bertz CT molecular complexity index is 867. The van der Waals surface area contributed by atoms with E-state index < -0.39 is 5.97 Å². The molecule has 0 saturated heterocycles. The van der Waals surface area contributed by atoms with Gasteiger partial charge in [-0.1, -0.05) is 47.5 Å². The van der Waals surface area contributed by atoms with Crippen molar-refractivity contribution >= 4 is 34.7 Å². The van der Waals surface area contributed by atoms with E-state index in [1.807, 2.05) is 6.07 Å². The molecule has 0 aliphatic heterocycles. The Kier molecular flexibility index (Phi) is 6.70. The summed E-state index contributed by atoms with van der Waals surface area (Å²) in [6, 6.07) is 10.3. The van der Waals surface area contributed by atoms with Crippen LogP contribution in [0.3, 0.4) is 0 Å². The van der Waals surface area contributed by atoms with Crippen molar-refractivity contribution < 1.29 is 24.1 Å². The third-order valence-electron chi connectivity index (χ3n) is 4.30. The van der Waals surface area contributed by atoms with Crippen molar-refractivity contribution in [3.05, 3.63) is 63.8 Å². The van der Waals surface area contributed by atoms with E-state index >= 15 is 0 Å². The van der Waals surface area contributed by atoms with Crippen LogP contribution < -0.4 is 9.47 Å². The molecule has 1 saturated carbocycles. The van der Waals surface area contributed by atoms with Crippen LogP contribution in [0, 0.1) is 5.92 Å². The maximum atomic E-state index is 11.5. The summed E-state index contributed by atoms with van der Waals surface area (Å²) >= 11 is 12.6. The fraction of sp³-hybridized carbons (Fsp3) is 0.286. The third kappa shape index (κ3) is 5.12. The smallest absolute Gasteiger partial charge is 0.339 e. The molecule has 1 N–H and O–H groups in total. The van der Waals surface area contributed by atoms with E-state index in [9.17, 15) is 9.90 Å². The second-order valence-corrected chi connectivity index (χ2v) is 7.30. The van der Waals surface area contributed by atoms with Crippen molar-refractivity contribution in [3.63, 3.8) is 0 Å². The summed E-state index contributed by atoms with van der Waals surface area (Å²) in [7, 11) is 1.40. The quantitative estimate of drug-likeness (QED) is 0.430. The molecule has 0 amide bonds. The van der Waals surface area contributed by atoms with Gasteiger partial charge in [0.1, 0.15) is 17.9 Å². The first kappa shape index (κ1) is 20.4. The van der Waals surface area contributed by atoms with Gasteiger partial charge in [0, 0.05) is 12.1 Å². The number of hydrogen-bond donors (Lipinski definition) is 1. The number of ether oxygens (including phenoxy) is 3. The molecule has 0 unspecified atom stereocenters. The van der Waals surface area contributed by atoms with Gasteiger partial charge in [0.2, 0.25) is 0 Å². The number of aliphatic carboxylic acids is 1. The highest BCUT2D eigenvalue weighted by Gasteiger charge is 2.23. The second kappa shape index (κ2) is 9.22. The topological polar surface area (TPSA) is 65.0 Å². The number of benzene rings is 2. The minimum absolute atomic E-state index is 0.0431. The maximum Gasteiger partial charge on any atom is 0.339 e. The predicted molar refractivity (Wildman–Crippen MR) is 108 cm³/mol. The number of carboxylic acids is 1. The monoisotopic (exact) mass is 422 g/mol. The summed E-state index contributed by atoms with van der Waals surface area (Å²) in [6.07, 6.45) is 3.54. The summed E-state index contributed by atoms with van der Waals surface area (Å²) in [4.78, 5) is 11.5. The standard InChI is InChI=1S/C21H20Cl2O5/c1-26-12-17(21(24)25)16-5-3-2-4-14(16)11-27-15-8-18(22)20(19(23)9-15)28-10-13-6-7-13/h2-5,8-9,12-13H,6-7,10-11H2,1H3,(H,24,25)/b17-12+. The predicted octanol–water partition coefficient (Wildman–Crippen LogP) is 5.43. The van der Waals surface area contributed by atoms with Crippen molar-refractivity contribution in [1.29, 1.82) is 0 Å². The van der Waals surface area contributed by atoms with E-state index in [1.165, 1.54) is 26.2 Å². The number of carboxylic acid groups (broad SMARTS) is 1. The van der Waals surface area contributed by atoms with Gasteiger partial charge in [0.25, 0.3) is 0 Å². The van der Waals surface area contributed by atoms with Gasteiger partial charge in [-0.2, -0.15) is 0 Å². The average Bonchev–Trinajstić information content (AvgIpc) is 3.48. The van der Waals surface area contributed by atoms with Crippen LogP contribution >= 0.6 is 23.2 Å². The van der Waals surface area contributed by atoms with E-state index in [0.717, 1.165) is 0 Å². The van der Waals surface area contributed by atoms with E-state index in [1.54, 1.807) is 30.3 Å². The summed E-state index contributed by atoms with van der Waals surface area (Å²) in [5.41, 5.74) is 1.24. The number of rotatable bonds is 9. The van der Waals surface area contributed by atoms with E-state index in [4.69, 9.17) is 37.4 Å². The van der Waals surface area contributed by atoms with Gasteiger partial charge in [0.05, 0.1) is 30.0 Å². The molecular weight excluding hydrogens is 403 g/mol. The fourth-order valence-corrected chi connectivity index (χ4v) is 3.24. The molecule has 28 heavy (non-hydrogen) atoms. The van der Waals surface area contributed by atoms with Crippen LogP contribution in [0.5, 0.6) is 11.5 Å². The highest BCUT2D eigenvalue weighted by atomic mass is 35.5. The Labute approximate surface area is 173 Å². The maximum absolute atomic E-state index is 11.5. The van der Waals surface area contributed by atoms with Crippen molar-refractivity contribution in [1.82, 2.24) is 0 Å². The summed E-state index contributed by atoms with van der Waals surface area (Å²) < 4.78 is 16.4. The highest BCUT2D eigenvalue weighted by molar-refractivity contribution is 6.37. The van der Waals surface area contributed by atoms with Crippen LogP contribution in [0.1, 0.15) is 24.0 Å². The molecule has 0 atom stereocenters. The molecule has 0 radical (unpaired) electrons. The minimum atomic E-state index is -1.09. The molecule has 1 aliphatic carbocycles. The number of halogens is 2. The fourth-order valence-electron chi connectivity index (χ4n) is 2.66. The molecule has 3 rings (SSSR count). The van der Waals surface area contributed by atoms with Gasteiger partial charge >= 0.3 is 5.97 Å². The lowest BCUT2D eigenvalue weighted by Gasteiger charge is -2.14. The third-order valence-corrected chi connectivity index (χ3v) is 4.86. The van der Waals surface area contributed by atoms with Gasteiger partial charge < -0.3 is 19.3 Å². The van der Waals surface area contributed by atoms with Crippen molar-refractivity contribution in [2.45, 2.75) is 19.4 Å². The summed E-state index contributed by atoms with van der Waals surface area (Å²) in [5.74, 6) is 0.427. The van der Waals surface area contributed by atoms with Crippen LogP contribution in [-0.2, 0) is 16.1 Å². The lowest BCUT2D eigenvalue weighted by Crippen LogP contribution is -2.06. The highest BCUT2D eigenvalue weighted by Crippen LogP contribution is 2.39. The minimum Gasteiger partial charge on any atom is -0.503 e. The van der Waals surface area contributed by atoms with Gasteiger partial charge in [-0.15, -0.1) is 0 Å². The first-order valence-corrected chi connectivity index (χ1v) is 9.54. The second-order valence-electron chi connectivity index (χ2n) is 6.49. The molecule has 7 heteroatoms. The van der Waals surface area contributed by atoms with E-state index in [-0.39, 0.29) is 12.2 Å². The van der Waals surface area contributed by atoms with Gasteiger partial charge in [-0.25, -0.2) is 4.79 Å². The Morgan fingerprint density at radius 3 is 2.46 bits per heavy atom. The van der Waals surface area contributed by atoms with E-state index in [2.05, 4.69) is 0 Å². The van der Waals surface area contributed by atoms with Crippen molar-refractivity contribution in [2.75, 3.05) is 13.7 Å². The lowest BCUT2D eigenvalue weighted by atomic mass is 10.0. The first-order valence-electron chi connectivity index (χ1n) is 8.78.